The Morgan fingerprint density at radius 1 is 1.19 bits per heavy atom. The molecule has 1 saturated heterocycles. The zero-order valence-electron chi connectivity index (χ0n) is 16.6. The number of nitrogens with one attached hydrogen (secondary N) is 1. The van der Waals surface area contributed by atoms with E-state index in [-0.39, 0.29) is 11.5 Å². The summed E-state index contributed by atoms with van der Waals surface area (Å²) in [7, 11) is 0. The van der Waals surface area contributed by atoms with Gasteiger partial charge < -0.3 is 10.2 Å². The number of carbonyl (C=O) groups excluding carboxylic acids is 1. The van der Waals surface area contributed by atoms with Gasteiger partial charge >= 0.3 is 0 Å². The van der Waals surface area contributed by atoms with Gasteiger partial charge in [0.1, 0.15) is 0 Å². The van der Waals surface area contributed by atoms with Crippen LogP contribution in [0.25, 0.3) is 10.8 Å². The van der Waals surface area contributed by atoms with Crippen LogP contribution in [-0.4, -0.2) is 46.8 Å². The van der Waals surface area contributed by atoms with Crippen molar-refractivity contribution in [3.8, 4) is 0 Å². The molecule has 1 aliphatic heterocycles. The van der Waals surface area contributed by atoms with Crippen molar-refractivity contribution >= 4 is 16.7 Å². The lowest BCUT2D eigenvalue weighted by Crippen LogP contribution is -2.40. The highest BCUT2D eigenvalue weighted by Gasteiger charge is 2.21. The lowest BCUT2D eigenvalue weighted by atomic mass is 9.92. The van der Waals surface area contributed by atoms with Crippen molar-refractivity contribution in [1.29, 1.82) is 0 Å². The maximum atomic E-state index is 12.7. The monoisotopic (exact) mass is 370 g/mol. The lowest BCUT2D eigenvalue weighted by molar-refractivity contribution is 0.0942. The molecule has 2 heterocycles. The number of fused-ring (bicyclic) bond motifs is 1. The number of aromatic nitrogens is 2. The van der Waals surface area contributed by atoms with Gasteiger partial charge in [-0.05, 0) is 44.2 Å². The minimum Gasteiger partial charge on any atom is -0.351 e. The van der Waals surface area contributed by atoms with Gasteiger partial charge in [-0.1, -0.05) is 32.0 Å². The number of aryl methyl sites for hydroxylation is 1. The molecule has 0 bridgehead atoms. The molecule has 2 unspecified atom stereocenters. The highest BCUT2D eigenvalue weighted by atomic mass is 16.2. The molecule has 2 atom stereocenters. The molecule has 0 saturated carbocycles. The largest absolute Gasteiger partial charge is 0.351 e. The Balaban J connectivity index is 1.63. The Morgan fingerprint density at radius 2 is 1.85 bits per heavy atom. The molecule has 1 aromatic heterocycles. The molecule has 6 heteroatoms. The average molecular weight is 370 g/mol. The van der Waals surface area contributed by atoms with Crippen LogP contribution >= 0.6 is 0 Å². The van der Waals surface area contributed by atoms with Crippen molar-refractivity contribution in [2.24, 2.45) is 11.8 Å². The van der Waals surface area contributed by atoms with E-state index in [2.05, 4.69) is 29.2 Å². The number of nitrogens with zero attached hydrogens (tertiary/aromatic N) is 3. The number of likely N-dealkylation sites (tertiary alicyclic amines) is 1. The second-order valence-corrected chi connectivity index (χ2v) is 7.83. The average Bonchev–Trinajstić information content (AvgIpc) is 2.65. The topological polar surface area (TPSA) is 67.2 Å². The summed E-state index contributed by atoms with van der Waals surface area (Å²) in [6.07, 6.45) is 2.22. The van der Waals surface area contributed by atoms with E-state index in [1.807, 2.05) is 19.1 Å². The number of hydrogen-bond acceptors (Lipinski definition) is 4. The van der Waals surface area contributed by atoms with Gasteiger partial charge in [0.2, 0.25) is 0 Å². The SMILES string of the molecule is CCn1nc(C(=O)NCCCN2CC(C)CC(C)C2)c2ccccc2c1=O. The molecule has 1 amide bonds. The third-order valence-corrected chi connectivity index (χ3v) is 5.26. The van der Waals surface area contributed by atoms with Crippen LogP contribution < -0.4 is 10.9 Å². The summed E-state index contributed by atoms with van der Waals surface area (Å²) in [5, 5.41) is 8.42. The molecule has 0 spiro atoms. The van der Waals surface area contributed by atoms with Crippen LogP contribution in [0.15, 0.2) is 29.1 Å². The fourth-order valence-electron chi connectivity index (χ4n) is 4.18. The van der Waals surface area contributed by atoms with Crippen molar-refractivity contribution in [2.75, 3.05) is 26.2 Å². The van der Waals surface area contributed by atoms with Crippen molar-refractivity contribution in [3.63, 3.8) is 0 Å². The molecule has 1 aromatic carbocycles. The highest BCUT2D eigenvalue weighted by molar-refractivity contribution is 6.04. The van der Waals surface area contributed by atoms with Crippen LogP contribution in [-0.2, 0) is 6.54 Å². The quantitative estimate of drug-likeness (QED) is 0.794. The smallest absolute Gasteiger partial charge is 0.274 e. The van der Waals surface area contributed by atoms with Crippen molar-refractivity contribution in [1.82, 2.24) is 20.0 Å². The summed E-state index contributed by atoms with van der Waals surface area (Å²) >= 11 is 0. The fourth-order valence-corrected chi connectivity index (χ4v) is 4.18. The van der Waals surface area contributed by atoms with Crippen LogP contribution in [0.1, 0.15) is 44.1 Å². The normalized spacial score (nSPS) is 20.7. The van der Waals surface area contributed by atoms with E-state index in [0.717, 1.165) is 37.9 Å². The van der Waals surface area contributed by atoms with Gasteiger partial charge in [0, 0.05) is 31.6 Å². The maximum absolute atomic E-state index is 12.7. The van der Waals surface area contributed by atoms with Gasteiger partial charge in [0.15, 0.2) is 5.69 Å². The third-order valence-electron chi connectivity index (χ3n) is 5.26. The number of benzene rings is 1. The second kappa shape index (κ2) is 8.65. The molecular weight excluding hydrogens is 340 g/mol. The van der Waals surface area contributed by atoms with E-state index < -0.39 is 0 Å². The first-order valence-corrected chi connectivity index (χ1v) is 10.00. The first-order chi connectivity index (χ1) is 13.0. The molecule has 1 N–H and O–H groups in total. The van der Waals surface area contributed by atoms with Crippen molar-refractivity contribution < 1.29 is 4.79 Å². The summed E-state index contributed by atoms with van der Waals surface area (Å²) in [5.74, 6) is 1.27. The number of carbonyl (C=O) groups is 1. The van der Waals surface area contributed by atoms with Gasteiger partial charge in [-0.25, -0.2) is 4.68 Å². The van der Waals surface area contributed by atoms with E-state index in [9.17, 15) is 9.59 Å². The second-order valence-electron chi connectivity index (χ2n) is 7.83. The van der Waals surface area contributed by atoms with Crippen molar-refractivity contribution in [2.45, 2.75) is 40.2 Å². The van der Waals surface area contributed by atoms with E-state index in [0.29, 0.717) is 29.6 Å². The molecule has 0 aliphatic carbocycles. The number of amides is 1. The summed E-state index contributed by atoms with van der Waals surface area (Å²) in [6.45, 7) is 10.8. The van der Waals surface area contributed by atoms with E-state index in [4.69, 9.17) is 0 Å². The standard InChI is InChI=1S/C21H30N4O2/c1-4-25-21(27)18-9-6-5-8-17(18)19(23-25)20(26)22-10-7-11-24-13-15(2)12-16(3)14-24/h5-6,8-9,15-16H,4,7,10-14H2,1-3H3,(H,22,26). The van der Waals surface area contributed by atoms with Gasteiger partial charge in [-0.15, -0.1) is 0 Å². The first kappa shape index (κ1) is 19.5. The van der Waals surface area contributed by atoms with E-state index >= 15 is 0 Å². The maximum Gasteiger partial charge on any atom is 0.274 e. The number of hydrogen-bond donors (Lipinski definition) is 1. The van der Waals surface area contributed by atoms with Gasteiger partial charge in [0.05, 0.1) is 5.39 Å². The van der Waals surface area contributed by atoms with Crippen molar-refractivity contribution in [3.05, 3.63) is 40.3 Å². The molecule has 146 valence electrons. The van der Waals surface area contributed by atoms with Crippen LogP contribution in [0.4, 0.5) is 0 Å². The zero-order chi connectivity index (χ0) is 19.4. The Bertz CT molecular complexity index is 851. The number of rotatable bonds is 6. The van der Waals surface area contributed by atoms with E-state index in [1.54, 1.807) is 12.1 Å². The summed E-state index contributed by atoms with van der Waals surface area (Å²) < 4.78 is 1.35. The van der Waals surface area contributed by atoms with Crippen LogP contribution in [0.3, 0.4) is 0 Å². The Morgan fingerprint density at radius 3 is 2.52 bits per heavy atom. The molecule has 0 radical (unpaired) electrons. The molecule has 6 nitrogen and oxygen atoms in total. The molecule has 2 aromatic rings. The molecule has 27 heavy (non-hydrogen) atoms. The fraction of sp³-hybridized carbons (Fsp3) is 0.571. The summed E-state index contributed by atoms with van der Waals surface area (Å²) in [5.41, 5.74) is 0.172. The summed E-state index contributed by atoms with van der Waals surface area (Å²) in [4.78, 5) is 27.6. The minimum absolute atomic E-state index is 0.155. The van der Waals surface area contributed by atoms with Crippen LogP contribution in [0, 0.1) is 11.8 Å². The van der Waals surface area contributed by atoms with Gasteiger partial charge in [-0.2, -0.15) is 5.10 Å². The number of piperidine rings is 1. The molecule has 1 fully saturated rings. The van der Waals surface area contributed by atoms with Crippen LogP contribution in [0.5, 0.6) is 0 Å². The molecule has 1 aliphatic rings. The predicted molar refractivity (Wildman–Crippen MR) is 108 cm³/mol. The van der Waals surface area contributed by atoms with Gasteiger partial charge in [0.25, 0.3) is 11.5 Å². The highest BCUT2D eigenvalue weighted by Crippen LogP contribution is 2.20. The van der Waals surface area contributed by atoms with E-state index in [1.165, 1.54) is 11.1 Å². The minimum atomic E-state index is -0.214. The summed E-state index contributed by atoms with van der Waals surface area (Å²) in [6, 6.07) is 7.18. The predicted octanol–water partition coefficient (Wildman–Crippen LogP) is 2.51. The van der Waals surface area contributed by atoms with Gasteiger partial charge in [-0.3, -0.25) is 9.59 Å². The van der Waals surface area contributed by atoms with Crippen LogP contribution in [0.2, 0.25) is 0 Å². The Labute approximate surface area is 160 Å². The first-order valence-electron chi connectivity index (χ1n) is 10.00. The Hall–Kier alpha value is -2.21. The third kappa shape index (κ3) is 4.56. The molecular formula is C21H30N4O2. The lowest BCUT2D eigenvalue weighted by Gasteiger charge is -2.34. The molecule has 3 rings (SSSR count). The zero-order valence-corrected chi connectivity index (χ0v) is 16.6. The Kier molecular flexibility index (Phi) is 6.26.